The largest absolute Gasteiger partial charge is 0.493 e. The molecule has 0 bridgehead atoms. The van der Waals surface area contributed by atoms with Gasteiger partial charge in [-0.15, -0.1) is 0 Å². The predicted octanol–water partition coefficient (Wildman–Crippen LogP) is 3.49. The molecule has 2 aliphatic rings. The van der Waals surface area contributed by atoms with Gasteiger partial charge in [0.2, 0.25) is 0 Å². The summed E-state index contributed by atoms with van der Waals surface area (Å²) >= 11 is 0. The van der Waals surface area contributed by atoms with Crippen molar-refractivity contribution in [3.8, 4) is 5.75 Å². The monoisotopic (exact) mass is 259 g/mol. The van der Waals surface area contributed by atoms with Crippen molar-refractivity contribution in [3.63, 3.8) is 0 Å². The smallest absolute Gasteiger partial charge is 0.125 e. The molecule has 0 aromatic heterocycles. The molecule has 3 atom stereocenters. The van der Waals surface area contributed by atoms with Gasteiger partial charge in [-0.1, -0.05) is 31.5 Å². The molecule has 1 heterocycles. The van der Waals surface area contributed by atoms with Crippen molar-refractivity contribution in [2.24, 2.45) is 17.6 Å². The van der Waals surface area contributed by atoms with E-state index in [1.54, 1.807) is 0 Å². The first kappa shape index (κ1) is 13.0. The summed E-state index contributed by atoms with van der Waals surface area (Å²) in [5, 5.41) is 0. The first-order valence-electron chi connectivity index (χ1n) is 7.74. The molecule has 1 fully saturated rings. The summed E-state index contributed by atoms with van der Waals surface area (Å²) in [5.74, 6) is 3.23. The fraction of sp³-hybridized carbons (Fsp3) is 0.647. The molecule has 0 amide bonds. The Balaban J connectivity index is 1.95. The lowest BCUT2D eigenvalue weighted by atomic mass is 9.71. The Morgan fingerprint density at radius 1 is 1.32 bits per heavy atom. The van der Waals surface area contributed by atoms with E-state index in [2.05, 4.69) is 25.1 Å². The Hall–Kier alpha value is -1.02. The van der Waals surface area contributed by atoms with E-state index in [1.807, 2.05) is 0 Å². The van der Waals surface area contributed by atoms with Gasteiger partial charge in [0.1, 0.15) is 5.75 Å². The van der Waals surface area contributed by atoms with Crippen LogP contribution in [0.25, 0.3) is 0 Å². The molecule has 1 saturated carbocycles. The van der Waals surface area contributed by atoms with E-state index in [0.717, 1.165) is 25.5 Å². The topological polar surface area (TPSA) is 35.2 Å². The summed E-state index contributed by atoms with van der Waals surface area (Å²) in [6.45, 7) is 4.05. The number of fused-ring (bicyclic) bond motifs is 1. The summed E-state index contributed by atoms with van der Waals surface area (Å²) in [4.78, 5) is 0. The molecule has 19 heavy (non-hydrogen) atoms. The molecule has 1 aliphatic carbocycles. The molecule has 3 unspecified atom stereocenters. The number of ether oxygens (including phenoxy) is 1. The maximum Gasteiger partial charge on any atom is 0.125 e. The van der Waals surface area contributed by atoms with Gasteiger partial charge in [-0.2, -0.15) is 0 Å². The van der Waals surface area contributed by atoms with Crippen LogP contribution in [0.5, 0.6) is 5.75 Å². The minimum absolute atomic E-state index is 0.599. The Labute approximate surface area is 116 Å². The lowest BCUT2D eigenvalue weighted by Crippen LogP contribution is -2.29. The van der Waals surface area contributed by atoms with Crippen molar-refractivity contribution in [2.45, 2.75) is 44.9 Å². The summed E-state index contributed by atoms with van der Waals surface area (Å²) < 4.78 is 6.00. The number of para-hydroxylation sites is 1. The molecule has 3 rings (SSSR count). The van der Waals surface area contributed by atoms with Gasteiger partial charge in [-0.25, -0.2) is 0 Å². The van der Waals surface area contributed by atoms with Crippen molar-refractivity contribution in [1.29, 1.82) is 0 Å². The van der Waals surface area contributed by atoms with Gasteiger partial charge in [0.05, 0.1) is 6.61 Å². The van der Waals surface area contributed by atoms with E-state index in [9.17, 15) is 0 Å². The number of aryl methyl sites for hydroxylation is 1. The van der Waals surface area contributed by atoms with Crippen LogP contribution in [-0.4, -0.2) is 13.2 Å². The average molecular weight is 259 g/mol. The average Bonchev–Trinajstić information content (AvgIpc) is 2.46. The molecular formula is C17H25NO. The second-order valence-electron chi connectivity index (χ2n) is 6.31. The van der Waals surface area contributed by atoms with Gasteiger partial charge in [-0.05, 0) is 61.1 Å². The van der Waals surface area contributed by atoms with E-state index >= 15 is 0 Å². The molecule has 0 saturated heterocycles. The molecule has 1 aliphatic heterocycles. The molecule has 0 radical (unpaired) electrons. The van der Waals surface area contributed by atoms with Gasteiger partial charge in [0, 0.05) is 0 Å². The summed E-state index contributed by atoms with van der Waals surface area (Å²) in [6, 6.07) is 6.70. The van der Waals surface area contributed by atoms with Gasteiger partial charge in [-0.3, -0.25) is 0 Å². The first-order valence-corrected chi connectivity index (χ1v) is 7.74. The minimum atomic E-state index is 0.599. The van der Waals surface area contributed by atoms with Gasteiger partial charge in [0.15, 0.2) is 0 Å². The summed E-state index contributed by atoms with van der Waals surface area (Å²) in [7, 11) is 0. The van der Waals surface area contributed by atoms with Crippen molar-refractivity contribution < 1.29 is 4.74 Å². The van der Waals surface area contributed by atoms with E-state index in [1.165, 1.54) is 42.6 Å². The number of hydrogen-bond acceptors (Lipinski definition) is 2. The maximum absolute atomic E-state index is 6.01. The first-order chi connectivity index (χ1) is 9.29. The Kier molecular flexibility index (Phi) is 3.79. The Bertz CT molecular complexity index is 443. The Morgan fingerprint density at radius 2 is 2.21 bits per heavy atom. The molecule has 2 nitrogen and oxygen atoms in total. The number of benzene rings is 1. The SMILES string of the molecule is CC1CCC(CN)C(c2cccc3c2OCCC3)C1. The zero-order valence-corrected chi connectivity index (χ0v) is 11.9. The lowest BCUT2D eigenvalue weighted by Gasteiger charge is -2.36. The highest BCUT2D eigenvalue weighted by Crippen LogP contribution is 2.44. The fourth-order valence-corrected chi connectivity index (χ4v) is 3.81. The highest BCUT2D eigenvalue weighted by atomic mass is 16.5. The van der Waals surface area contributed by atoms with Crippen LogP contribution in [0.2, 0.25) is 0 Å². The fourth-order valence-electron chi connectivity index (χ4n) is 3.81. The van der Waals surface area contributed by atoms with Crippen LogP contribution in [0.15, 0.2) is 18.2 Å². The van der Waals surface area contributed by atoms with E-state index in [-0.39, 0.29) is 0 Å². The molecule has 2 heteroatoms. The zero-order chi connectivity index (χ0) is 13.2. The summed E-state index contributed by atoms with van der Waals surface area (Å²) in [5.41, 5.74) is 8.84. The van der Waals surface area contributed by atoms with Crippen LogP contribution in [0.4, 0.5) is 0 Å². The van der Waals surface area contributed by atoms with Crippen LogP contribution in [0, 0.1) is 11.8 Å². The van der Waals surface area contributed by atoms with Crippen LogP contribution >= 0.6 is 0 Å². The highest BCUT2D eigenvalue weighted by Gasteiger charge is 2.31. The van der Waals surface area contributed by atoms with Crippen LogP contribution in [0.1, 0.15) is 49.7 Å². The normalized spacial score (nSPS) is 30.5. The lowest BCUT2D eigenvalue weighted by molar-refractivity contribution is 0.237. The third kappa shape index (κ3) is 2.51. The van der Waals surface area contributed by atoms with Crippen molar-refractivity contribution in [2.75, 3.05) is 13.2 Å². The van der Waals surface area contributed by atoms with E-state index < -0.39 is 0 Å². The van der Waals surface area contributed by atoms with Crippen molar-refractivity contribution >= 4 is 0 Å². The van der Waals surface area contributed by atoms with Gasteiger partial charge >= 0.3 is 0 Å². The second kappa shape index (κ2) is 5.54. The molecule has 1 aromatic carbocycles. The van der Waals surface area contributed by atoms with Gasteiger partial charge < -0.3 is 10.5 Å². The van der Waals surface area contributed by atoms with E-state index in [0.29, 0.717) is 11.8 Å². The molecule has 104 valence electrons. The van der Waals surface area contributed by atoms with Crippen LogP contribution < -0.4 is 10.5 Å². The number of hydrogen-bond donors (Lipinski definition) is 1. The number of nitrogens with two attached hydrogens (primary N) is 1. The molecular weight excluding hydrogens is 234 g/mol. The second-order valence-corrected chi connectivity index (χ2v) is 6.31. The Morgan fingerprint density at radius 3 is 3.05 bits per heavy atom. The molecule has 2 N–H and O–H groups in total. The van der Waals surface area contributed by atoms with E-state index in [4.69, 9.17) is 10.5 Å². The molecule has 0 spiro atoms. The van der Waals surface area contributed by atoms with Crippen molar-refractivity contribution in [1.82, 2.24) is 0 Å². The summed E-state index contributed by atoms with van der Waals surface area (Å²) in [6.07, 6.45) is 6.18. The quantitative estimate of drug-likeness (QED) is 0.882. The number of rotatable bonds is 2. The third-order valence-electron chi connectivity index (χ3n) is 4.92. The standard InChI is InChI=1S/C17H25NO/c1-12-7-8-14(11-18)16(10-12)15-6-2-4-13-5-3-9-19-17(13)15/h2,4,6,12,14,16H,3,5,7-11,18H2,1H3. The molecule has 1 aromatic rings. The van der Waals surface area contributed by atoms with Crippen molar-refractivity contribution in [3.05, 3.63) is 29.3 Å². The van der Waals surface area contributed by atoms with Gasteiger partial charge in [0.25, 0.3) is 0 Å². The minimum Gasteiger partial charge on any atom is -0.493 e. The highest BCUT2D eigenvalue weighted by molar-refractivity contribution is 5.45. The van der Waals surface area contributed by atoms with Crippen LogP contribution in [-0.2, 0) is 6.42 Å². The zero-order valence-electron chi connectivity index (χ0n) is 11.9. The predicted molar refractivity (Wildman–Crippen MR) is 78.6 cm³/mol. The maximum atomic E-state index is 6.01. The van der Waals surface area contributed by atoms with Crippen LogP contribution in [0.3, 0.4) is 0 Å². The third-order valence-corrected chi connectivity index (χ3v) is 4.92.